The van der Waals surface area contributed by atoms with Crippen molar-refractivity contribution in [3.8, 4) is 11.8 Å². The van der Waals surface area contributed by atoms with E-state index < -0.39 is 0 Å². The molecule has 3 rings (SSSR count). The summed E-state index contributed by atoms with van der Waals surface area (Å²) in [5, 5.41) is 12.2. The van der Waals surface area contributed by atoms with Crippen LogP contribution >= 0.6 is 0 Å². The van der Waals surface area contributed by atoms with Crippen molar-refractivity contribution in [2.75, 3.05) is 13.2 Å². The summed E-state index contributed by atoms with van der Waals surface area (Å²) in [5.41, 5.74) is 1.10. The highest BCUT2D eigenvalue weighted by Gasteiger charge is 2.40. The van der Waals surface area contributed by atoms with Crippen LogP contribution in [0, 0.1) is 17.2 Å². The predicted octanol–water partition coefficient (Wildman–Crippen LogP) is 2.25. The summed E-state index contributed by atoms with van der Waals surface area (Å²) >= 11 is 0. The van der Waals surface area contributed by atoms with Crippen molar-refractivity contribution in [2.24, 2.45) is 5.92 Å². The van der Waals surface area contributed by atoms with Gasteiger partial charge in [0.25, 0.3) is 0 Å². The third kappa shape index (κ3) is 3.12. The molecule has 0 bridgehead atoms. The van der Waals surface area contributed by atoms with Crippen LogP contribution in [0.4, 0.5) is 0 Å². The van der Waals surface area contributed by atoms with Crippen LogP contribution in [0.25, 0.3) is 0 Å². The molecule has 0 aromatic heterocycles. The zero-order valence-corrected chi connectivity index (χ0v) is 11.5. The lowest BCUT2D eigenvalue weighted by Crippen LogP contribution is -2.37. The van der Waals surface area contributed by atoms with Crippen LogP contribution in [0.1, 0.15) is 24.8 Å². The van der Waals surface area contributed by atoms with E-state index in [1.807, 2.05) is 30.3 Å². The molecule has 0 amide bonds. The van der Waals surface area contributed by atoms with E-state index in [2.05, 4.69) is 5.32 Å². The molecule has 0 spiro atoms. The van der Waals surface area contributed by atoms with Crippen molar-refractivity contribution in [3.63, 3.8) is 0 Å². The molecule has 0 radical (unpaired) electrons. The molecule has 1 aromatic carbocycles. The summed E-state index contributed by atoms with van der Waals surface area (Å²) in [6.45, 7) is 1.72. The molecule has 4 nitrogen and oxygen atoms in total. The highest BCUT2D eigenvalue weighted by Crippen LogP contribution is 2.38. The maximum atomic E-state index is 8.62. The molecule has 1 aliphatic heterocycles. The molecule has 20 heavy (non-hydrogen) atoms. The number of hydrogen-bond donors (Lipinski definition) is 1. The van der Waals surface area contributed by atoms with Crippen molar-refractivity contribution >= 4 is 0 Å². The first-order chi connectivity index (χ1) is 9.88. The number of nitrogens with zero attached hydrogens (tertiary/aromatic N) is 1. The third-order valence-corrected chi connectivity index (χ3v) is 4.04. The van der Waals surface area contributed by atoms with Gasteiger partial charge in [0.05, 0.1) is 6.10 Å². The Balaban J connectivity index is 1.59. The van der Waals surface area contributed by atoms with E-state index in [4.69, 9.17) is 14.7 Å². The van der Waals surface area contributed by atoms with Crippen LogP contribution in [-0.2, 0) is 11.3 Å². The number of ether oxygens (including phenoxy) is 2. The molecule has 2 atom stereocenters. The maximum Gasteiger partial charge on any atom is 0.174 e. The van der Waals surface area contributed by atoms with Gasteiger partial charge in [0.2, 0.25) is 0 Å². The molecular formula is C16H20N2O2. The normalized spacial score (nSPS) is 25.4. The van der Waals surface area contributed by atoms with Crippen LogP contribution in [0.5, 0.6) is 5.75 Å². The smallest absolute Gasteiger partial charge is 0.174 e. The Morgan fingerprint density at radius 1 is 1.30 bits per heavy atom. The molecule has 2 unspecified atom stereocenters. The largest absolute Gasteiger partial charge is 0.478 e. The lowest BCUT2D eigenvalue weighted by atomic mass is 10.1. The van der Waals surface area contributed by atoms with Gasteiger partial charge in [-0.25, -0.2) is 0 Å². The standard InChI is InChI=1S/C16H20N2O2/c17-8-10-19-15-4-2-1-3-13(15)11-18-14-7-9-20-16(14)12-5-6-12/h1-4,12,14,16,18H,5-7,9-11H2. The van der Waals surface area contributed by atoms with Crippen molar-refractivity contribution < 1.29 is 9.47 Å². The minimum Gasteiger partial charge on any atom is -0.478 e. The van der Waals surface area contributed by atoms with Gasteiger partial charge in [-0.15, -0.1) is 0 Å². The molecular weight excluding hydrogens is 252 g/mol. The van der Waals surface area contributed by atoms with Gasteiger partial charge in [0, 0.05) is 24.8 Å². The van der Waals surface area contributed by atoms with Gasteiger partial charge in [0.15, 0.2) is 6.61 Å². The van der Waals surface area contributed by atoms with Gasteiger partial charge in [-0.1, -0.05) is 18.2 Å². The van der Waals surface area contributed by atoms with Crippen molar-refractivity contribution in [2.45, 2.75) is 38.0 Å². The zero-order chi connectivity index (χ0) is 13.8. The second-order valence-electron chi connectivity index (χ2n) is 5.50. The summed E-state index contributed by atoms with van der Waals surface area (Å²) in [7, 11) is 0. The van der Waals surface area contributed by atoms with Crippen molar-refractivity contribution in [3.05, 3.63) is 29.8 Å². The first-order valence-electron chi connectivity index (χ1n) is 7.31. The second-order valence-corrected chi connectivity index (χ2v) is 5.50. The van der Waals surface area contributed by atoms with Gasteiger partial charge in [-0.05, 0) is 31.2 Å². The average Bonchev–Trinajstić information content (AvgIpc) is 3.22. The van der Waals surface area contributed by atoms with Crippen molar-refractivity contribution in [1.29, 1.82) is 5.26 Å². The van der Waals surface area contributed by atoms with E-state index in [1.54, 1.807) is 0 Å². The third-order valence-electron chi connectivity index (χ3n) is 4.04. The fourth-order valence-corrected chi connectivity index (χ4v) is 2.86. The van der Waals surface area contributed by atoms with Crippen LogP contribution in [0.15, 0.2) is 24.3 Å². The van der Waals surface area contributed by atoms with Gasteiger partial charge in [0.1, 0.15) is 11.8 Å². The molecule has 4 heteroatoms. The molecule has 2 fully saturated rings. The summed E-state index contributed by atoms with van der Waals surface area (Å²) in [6, 6.07) is 10.3. The molecule has 1 heterocycles. The Morgan fingerprint density at radius 2 is 2.15 bits per heavy atom. The minimum absolute atomic E-state index is 0.0915. The predicted molar refractivity (Wildman–Crippen MR) is 75.3 cm³/mol. The van der Waals surface area contributed by atoms with E-state index in [1.165, 1.54) is 12.8 Å². The first kappa shape index (κ1) is 13.4. The van der Waals surface area contributed by atoms with E-state index in [0.717, 1.165) is 36.8 Å². The molecule has 1 saturated heterocycles. The zero-order valence-electron chi connectivity index (χ0n) is 11.5. The lowest BCUT2D eigenvalue weighted by molar-refractivity contribution is 0.0808. The number of benzene rings is 1. The molecule has 106 valence electrons. The van der Waals surface area contributed by atoms with E-state index in [9.17, 15) is 0 Å². The van der Waals surface area contributed by atoms with Crippen LogP contribution in [-0.4, -0.2) is 25.4 Å². The van der Waals surface area contributed by atoms with Gasteiger partial charge in [-0.3, -0.25) is 0 Å². The summed E-state index contributed by atoms with van der Waals surface area (Å²) in [6.07, 6.45) is 4.10. The van der Waals surface area contributed by atoms with E-state index >= 15 is 0 Å². The van der Waals surface area contributed by atoms with Crippen LogP contribution in [0.2, 0.25) is 0 Å². The van der Waals surface area contributed by atoms with Crippen LogP contribution in [0.3, 0.4) is 0 Å². The highest BCUT2D eigenvalue weighted by atomic mass is 16.5. The SMILES string of the molecule is N#CCOc1ccccc1CNC1CCOC1C1CC1. The second kappa shape index (κ2) is 6.25. The van der Waals surface area contributed by atoms with Gasteiger partial charge >= 0.3 is 0 Å². The molecule has 1 aromatic rings. The van der Waals surface area contributed by atoms with E-state index in [0.29, 0.717) is 12.1 Å². The Bertz CT molecular complexity index is 493. The maximum absolute atomic E-state index is 8.62. The number of rotatable bonds is 6. The first-order valence-corrected chi connectivity index (χ1v) is 7.31. The fraction of sp³-hybridized carbons (Fsp3) is 0.562. The quantitative estimate of drug-likeness (QED) is 0.863. The number of hydrogen-bond acceptors (Lipinski definition) is 4. The molecule has 1 saturated carbocycles. The minimum atomic E-state index is 0.0915. The molecule has 2 aliphatic rings. The number of nitrogens with one attached hydrogen (secondary N) is 1. The highest BCUT2D eigenvalue weighted by molar-refractivity contribution is 5.33. The summed E-state index contributed by atoms with van der Waals surface area (Å²) in [4.78, 5) is 0. The fourth-order valence-electron chi connectivity index (χ4n) is 2.86. The Morgan fingerprint density at radius 3 is 2.95 bits per heavy atom. The Hall–Kier alpha value is -1.57. The molecule has 1 N–H and O–H groups in total. The summed E-state index contributed by atoms with van der Waals surface area (Å²) in [5.74, 6) is 1.56. The lowest BCUT2D eigenvalue weighted by Gasteiger charge is -2.20. The van der Waals surface area contributed by atoms with Gasteiger partial charge < -0.3 is 14.8 Å². The van der Waals surface area contributed by atoms with E-state index in [-0.39, 0.29) is 6.61 Å². The Labute approximate surface area is 119 Å². The number of nitriles is 1. The van der Waals surface area contributed by atoms with Crippen molar-refractivity contribution in [1.82, 2.24) is 5.32 Å². The van der Waals surface area contributed by atoms with Gasteiger partial charge in [-0.2, -0.15) is 5.26 Å². The topological polar surface area (TPSA) is 54.3 Å². The number of para-hydroxylation sites is 1. The monoisotopic (exact) mass is 272 g/mol. The Kier molecular flexibility index (Phi) is 4.19. The van der Waals surface area contributed by atoms with Crippen LogP contribution < -0.4 is 10.1 Å². The summed E-state index contributed by atoms with van der Waals surface area (Å²) < 4.78 is 11.3. The average molecular weight is 272 g/mol. The molecule has 1 aliphatic carbocycles.